The molecule has 1 aromatic rings. The molecule has 5 heteroatoms. The van der Waals surface area contributed by atoms with Crippen molar-refractivity contribution >= 4 is 0 Å². The topological polar surface area (TPSA) is 80.9 Å². The highest BCUT2D eigenvalue weighted by Gasteiger charge is 2.04. The minimum Gasteiger partial charge on any atom is -0.325 e. The van der Waals surface area contributed by atoms with Gasteiger partial charge in [0.2, 0.25) is 0 Å². The van der Waals surface area contributed by atoms with Gasteiger partial charge < -0.3 is 10.7 Å². The molecule has 0 saturated carbocycles. The number of nitrogens with zero attached hydrogens (tertiary/aromatic N) is 1. The van der Waals surface area contributed by atoms with Crippen molar-refractivity contribution in [1.82, 2.24) is 9.55 Å². The molecule has 1 heterocycles. The van der Waals surface area contributed by atoms with Crippen LogP contribution in [0.25, 0.3) is 0 Å². The molecular formula is C9H15N3O2. The van der Waals surface area contributed by atoms with Gasteiger partial charge in [-0.1, -0.05) is 13.8 Å². The smallest absolute Gasteiger partial charge is 0.325 e. The zero-order valence-electron chi connectivity index (χ0n) is 8.41. The van der Waals surface area contributed by atoms with Gasteiger partial charge >= 0.3 is 5.69 Å². The monoisotopic (exact) mass is 197 g/mol. The van der Waals surface area contributed by atoms with Crippen LogP contribution < -0.4 is 17.0 Å². The van der Waals surface area contributed by atoms with Crippen LogP contribution in [0.15, 0.2) is 15.7 Å². The van der Waals surface area contributed by atoms with Crippen molar-refractivity contribution in [2.45, 2.75) is 26.9 Å². The molecule has 0 unspecified atom stereocenters. The number of hydrogen-bond donors (Lipinski definition) is 2. The minimum absolute atomic E-state index is 0.174. The number of H-pyrrole nitrogens is 1. The van der Waals surface area contributed by atoms with Gasteiger partial charge in [-0.25, -0.2) is 4.79 Å². The molecule has 0 aliphatic heterocycles. The third-order valence-electron chi connectivity index (χ3n) is 1.84. The molecule has 0 aliphatic rings. The highest BCUT2D eigenvalue weighted by Crippen LogP contribution is 1.92. The average molecular weight is 197 g/mol. The Kier molecular flexibility index (Phi) is 3.24. The van der Waals surface area contributed by atoms with Crippen LogP contribution in [0.1, 0.15) is 19.5 Å². The molecule has 0 radical (unpaired) electrons. The SMILES string of the molecule is CC(C)Cn1c(=O)cc(CN)[nH]c1=O. The highest BCUT2D eigenvalue weighted by atomic mass is 16.2. The molecule has 5 nitrogen and oxygen atoms in total. The van der Waals surface area contributed by atoms with Gasteiger partial charge in [0.25, 0.3) is 5.56 Å². The Labute approximate surface area is 81.6 Å². The highest BCUT2D eigenvalue weighted by molar-refractivity contribution is 4.98. The summed E-state index contributed by atoms with van der Waals surface area (Å²) in [6, 6.07) is 1.36. The molecule has 3 N–H and O–H groups in total. The maximum Gasteiger partial charge on any atom is 0.328 e. The molecule has 0 aliphatic carbocycles. The van der Waals surface area contributed by atoms with Crippen molar-refractivity contribution in [2.75, 3.05) is 0 Å². The van der Waals surface area contributed by atoms with Crippen LogP contribution in [-0.2, 0) is 13.1 Å². The zero-order valence-corrected chi connectivity index (χ0v) is 8.41. The number of nitrogens with two attached hydrogens (primary N) is 1. The van der Waals surface area contributed by atoms with Crippen molar-refractivity contribution in [3.63, 3.8) is 0 Å². The predicted octanol–water partition coefficient (Wildman–Crippen LogP) is -0.349. The summed E-state index contributed by atoms with van der Waals surface area (Å²) < 4.78 is 1.18. The van der Waals surface area contributed by atoms with Crippen molar-refractivity contribution in [3.8, 4) is 0 Å². The molecule has 0 amide bonds. The molecule has 0 saturated heterocycles. The van der Waals surface area contributed by atoms with Crippen molar-refractivity contribution in [3.05, 3.63) is 32.6 Å². The second-order valence-corrected chi connectivity index (χ2v) is 3.65. The summed E-state index contributed by atoms with van der Waals surface area (Å²) in [6.07, 6.45) is 0. The molecule has 0 bridgehead atoms. The zero-order chi connectivity index (χ0) is 10.7. The van der Waals surface area contributed by atoms with Gasteiger partial charge in [0.15, 0.2) is 0 Å². The Balaban J connectivity index is 3.19. The third kappa shape index (κ3) is 2.32. The summed E-state index contributed by atoms with van der Waals surface area (Å²) in [5.41, 5.74) is 5.12. The first-order chi connectivity index (χ1) is 6.54. The van der Waals surface area contributed by atoms with Gasteiger partial charge in [0, 0.05) is 24.8 Å². The quantitative estimate of drug-likeness (QED) is 0.695. The van der Waals surface area contributed by atoms with Crippen LogP contribution >= 0.6 is 0 Å². The van der Waals surface area contributed by atoms with Crippen LogP contribution in [0.4, 0.5) is 0 Å². The normalized spacial score (nSPS) is 10.9. The Morgan fingerprint density at radius 1 is 1.50 bits per heavy atom. The fourth-order valence-corrected chi connectivity index (χ4v) is 1.22. The standard InChI is InChI=1S/C9H15N3O2/c1-6(2)5-12-8(13)3-7(4-10)11-9(12)14/h3,6H,4-5,10H2,1-2H3,(H,11,14). The Morgan fingerprint density at radius 3 is 2.57 bits per heavy atom. The summed E-state index contributed by atoms with van der Waals surface area (Å²) in [5, 5.41) is 0. The lowest BCUT2D eigenvalue weighted by Crippen LogP contribution is -2.37. The average Bonchev–Trinajstić information content (AvgIpc) is 2.10. The largest absolute Gasteiger partial charge is 0.328 e. The maximum absolute atomic E-state index is 11.4. The molecule has 1 aromatic heterocycles. The Hall–Kier alpha value is -1.36. The van der Waals surface area contributed by atoms with Gasteiger partial charge in [-0.15, -0.1) is 0 Å². The van der Waals surface area contributed by atoms with E-state index in [4.69, 9.17) is 5.73 Å². The van der Waals surface area contributed by atoms with E-state index in [1.807, 2.05) is 13.8 Å². The van der Waals surface area contributed by atoms with Gasteiger partial charge in [-0.3, -0.25) is 9.36 Å². The number of hydrogen-bond acceptors (Lipinski definition) is 3. The molecule has 1 rings (SSSR count). The Bertz CT molecular complexity index is 386. The van der Waals surface area contributed by atoms with Gasteiger partial charge in [-0.2, -0.15) is 0 Å². The van der Waals surface area contributed by atoms with Gasteiger partial charge in [0.05, 0.1) is 0 Å². The van der Waals surface area contributed by atoms with E-state index in [9.17, 15) is 9.59 Å². The van der Waals surface area contributed by atoms with E-state index >= 15 is 0 Å². The molecule has 0 aromatic carbocycles. The first kappa shape index (κ1) is 10.7. The van der Waals surface area contributed by atoms with Crippen LogP contribution in [0, 0.1) is 5.92 Å². The first-order valence-electron chi connectivity index (χ1n) is 4.57. The number of aromatic amines is 1. The predicted molar refractivity (Wildman–Crippen MR) is 54.1 cm³/mol. The second-order valence-electron chi connectivity index (χ2n) is 3.65. The maximum atomic E-state index is 11.4. The third-order valence-corrected chi connectivity index (χ3v) is 1.84. The number of aromatic nitrogens is 2. The number of nitrogens with one attached hydrogen (secondary N) is 1. The molecular weight excluding hydrogens is 182 g/mol. The molecule has 14 heavy (non-hydrogen) atoms. The lowest BCUT2D eigenvalue weighted by molar-refractivity contribution is 0.490. The summed E-state index contributed by atoms with van der Waals surface area (Å²) in [6.45, 7) is 4.50. The Morgan fingerprint density at radius 2 is 2.14 bits per heavy atom. The van der Waals surface area contributed by atoms with Crippen LogP contribution in [0.5, 0.6) is 0 Å². The molecule has 0 atom stereocenters. The van der Waals surface area contributed by atoms with Crippen LogP contribution in [0.3, 0.4) is 0 Å². The van der Waals surface area contributed by atoms with E-state index in [0.29, 0.717) is 12.2 Å². The van der Waals surface area contributed by atoms with E-state index in [2.05, 4.69) is 4.98 Å². The molecule has 0 fully saturated rings. The molecule has 0 spiro atoms. The number of rotatable bonds is 3. The fraction of sp³-hybridized carbons (Fsp3) is 0.556. The fourth-order valence-electron chi connectivity index (χ4n) is 1.22. The van der Waals surface area contributed by atoms with Crippen LogP contribution in [-0.4, -0.2) is 9.55 Å². The van der Waals surface area contributed by atoms with Crippen molar-refractivity contribution in [2.24, 2.45) is 11.7 Å². The van der Waals surface area contributed by atoms with E-state index in [1.165, 1.54) is 10.6 Å². The summed E-state index contributed by atoms with van der Waals surface area (Å²) in [4.78, 5) is 25.4. The summed E-state index contributed by atoms with van der Waals surface area (Å²) >= 11 is 0. The van der Waals surface area contributed by atoms with Crippen molar-refractivity contribution in [1.29, 1.82) is 0 Å². The first-order valence-corrected chi connectivity index (χ1v) is 4.57. The van der Waals surface area contributed by atoms with Crippen LogP contribution in [0.2, 0.25) is 0 Å². The summed E-state index contributed by atoms with van der Waals surface area (Å²) in [5.74, 6) is 0.262. The lowest BCUT2D eigenvalue weighted by Gasteiger charge is -2.07. The van der Waals surface area contributed by atoms with E-state index in [0.717, 1.165) is 0 Å². The van der Waals surface area contributed by atoms with E-state index in [-0.39, 0.29) is 23.7 Å². The van der Waals surface area contributed by atoms with Gasteiger partial charge in [0.1, 0.15) is 0 Å². The van der Waals surface area contributed by atoms with E-state index in [1.54, 1.807) is 0 Å². The van der Waals surface area contributed by atoms with E-state index < -0.39 is 0 Å². The lowest BCUT2D eigenvalue weighted by atomic mass is 10.2. The second kappa shape index (κ2) is 4.23. The minimum atomic E-state index is -0.383. The van der Waals surface area contributed by atoms with Crippen molar-refractivity contribution < 1.29 is 0 Å². The summed E-state index contributed by atoms with van der Waals surface area (Å²) in [7, 11) is 0. The van der Waals surface area contributed by atoms with Gasteiger partial charge in [-0.05, 0) is 5.92 Å². The molecule has 78 valence electrons.